The van der Waals surface area contributed by atoms with Crippen molar-refractivity contribution in [3.05, 3.63) is 101 Å². The molecule has 0 heterocycles. The molecule has 0 amide bonds. The molecule has 0 atom stereocenters. The van der Waals surface area contributed by atoms with E-state index >= 15 is 0 Å². The van der Waals surface area contributed by atoms with E-state index in [0.717, 1.165) is 17.2 Å². The minimum absolute atomic E-state index is 0.143. The molecular weight excluding hydrogens is 329 g/mol. The molecule has 0 radical (unpaired) electrons. The fraction of sp³-hybridized carbons (Fsp3) is 0. The van der Waals surface area contributed by atoms with Crippen LogP contribution in [0, 0.1) is 17.1 Å². The van der Waals surface area contributed by atoms with Crippen molar-refractivity contribution in [2.24, 2.45) is 0 Å². The van der Waals surface area contributed by atoms with Crippen LogP contribution in [0.4, 0.5) is 4.39 Å². The summed E-state index contributed by atoms with van der Waals surface area (Å²) >= 11 is 0. The van der Waals surface area contributed by atoms with Gasteiger partial charge in [0.1, 0.15) is 11.6 Å². The molecule has 126 valence electrons. The highest BCUT2D eigenvalue weighted by Gasteiger charge is 2.09. The molecule has 26 heavy (non-hydrogen) atoms. The van der Waals surface area contributed by atoms with E-state index in [9.17, 15) is 14.4 Å². The van der Waals surface area contributed by atoms with Crippen molar-refractivity contribution in [1.29, 1.82) is 5.26 Å². The number of allylic oxidation sites excluding steroid dienone is 1. The fourth-order valence-electron chi connectivity index (χ4n) is 2.38. The Balaban J connectivity index is 1.75. The molecule has 0 aliphatic rings. The molecule has 0 unspecified atom stereocenters. The third kappa shape index (κ3) is 4.22. The molecule has 0 saturated heterocycles. The minimum atomic E-state index is -0.630. The number of nitrogens with zero attached hydrogens (tertiary/aromatic N) is 1. The van der Waals surface area contributed by atoms with Crippen molar-refractivity contribution in [2.75, 3.05) is 0 Å². The number of nitriles is 1. The molecule has 3 aromatic rings. The molecule has 0 bridgehead atoms. The summed E-state index contributed by atoms with van der Waals surface area (Å²) in [7, 11) is 0. The van der Waals surface area contributed by atoms with E-state index in [1.165, 1.54) is 18.2 Å². The number of halogens is 1. The predicted molar refractivity (Wildman–Crippen MR) is 97.7 cm³/mol. The lowest BCUT2D eigenvalue weighted by Crippen LogP contribution is -2.08. The Bertz CT molecular complexity index is 987. The number of carbonyl (C=O) groups excluding carboxylic acids is 1. The minimum Gasteiger partial charge on any atom is -0.423 e. The summed E-state index contributed by atoms with van der Waals surface area (Å²) in [6.07, 6.45) is 1.76. The Kier molecular flexibility index (Phi) is 5.21. The number of hydrogen-bond donors (Lipinski definition) is 0. The normalized spacial score (nSPS) is 10.8. The number of carbonyl (C=O) groups is 1. The highest BCUT2D eigenvalue weighted by Crippen LogP contribution is 2.20. The fourth-order valence-corrected chi connectivity index (χ4v) is 2.38. The van der Waals surface area contributed by atoms with Gasteiger partial charge in [-0.3, -0.25) is 0 Å². The summed E-state index contributed by atoms with van der Waals surface area (Å²) in [6, 6.07) is 23.6. The van der Waals surface area contributed by atoms with Crippen LogP contribution >= 0.6 is 0 Å². The van der Waals surface area contributed by atoms with E-state index in [2.05, 4.69) is 6.07 Å². The molecule has 3 nitrogen and oxygen atoms in total. The first-order chi connectivity index (χ1) is 12.7. The molecule has 0 N–H and O–H groups in total. The number of benzene rings is 3. The van der Waals surface area contributed by atoms with E-state index in [4.69, 9.17) is 4.74 Å². The van der Waals surface area contributed by atoms with Gasteiger partial charge in [0.2, 0.25) is 0 Å². The standard InChI is InChI=1S/C22H14FNO2/c23-20-8-4-7-18(14-20)22(25)26-21-11-9-16(10-12-21)13-19(15-24)17-5-2-1-3-6-17/h1-14H/b19-13-. The van der Waals surface area contributed by atoms with Crippen molar-refractivity contribution >= 4 is 17.6 Å². The van der Waals surface area contributed by atoms with Crippen molar-refractivity contribution < 1.29 is 13.9 Å². The lowest BCUT2D eigenvalue weighted by Gasteiger charge is -2.05. The molecule has 0 aromatic heterocycles. The zero-order valence-corrected chi connectivity index (χ0v) is 13.7. The maximum atomic E-state index is 13.2. The Morgan fingerprint density at radius 1 is 0.923 bits per heavy atom. The Hall–Kier alpha value is -3.71. The van der Waals surface area contributed by atoms with Crippen LogP contribution in [0.15, 0.2) is 78.9 Å². The van der Waals surface area contributed by atoms with E-state index in [-0.39, 0.29) is 5.56 Å². The molecule has 3 rings (SSSR count). The van der Waals surface area contributed by atoms with Gasteiger partial charge in [0.15, 0.2) is 0 Å². The highest BCUT2D eigenvalue weighted by atomic mass is 19.1. The Morgan fingerprint density at radius 2 is 1.62 bits per heavy atom. The summed E-state index contributed by atoms with van der Waals surface area (Å²) in [5, 5.41) is 9.34. The van der Waals surface area contributed by atoms with E-state index in [1.54, 1.807) is 30.3 Å². The average molecular weight is 343 g/mol. The lowest BCUT2D eigenvalue weighted by molar-refractivity contribution is 0.0734. The van der Waals surface area contributed by atoms with Crippen LogP contribution in [0.25, 0.3) is 11.6 Å². The third-order valence-corrected chi connectivity index (χ3v) is 3.67. The molecule has 4 heteroatoms. The first-order valence-corrected chi connectivity index (χ1v) is 7.91. The van der Waals surface area contributed by atoms with Crippen LogP contribution in [0.3, 0.4) is 0 Å². The summed E-state index contributed by atoms with van der Waals surface area (Å²) in [5.74, 6) is -0.783. The molecule has 0 saturated carbocycles. The Labute approximate surface area is 150 Å². The molecule has 0 aliphatic carbocycles. The largest absolute Gasteiger partial charge is 0.423 e. The Morgan fingerprint density at radius 3 is 2.27 bits per heavy atom. The van der Waals surface area contributed by atoms with Gasteiger partial charge in [0.05, 0.1) is 17.2 Å². The monoisotopic (exact) mass is 343 g/mol. The second-order valence-corrected chi connectivity index (χ2v) is 5.50. The SMILES string of the molecule is N#C/C(=C/c1ccc(OC(=O)c2cccc(F)c2)cc1)c1ccccc1. The van der Waals surface area contributed by atoms with E-state index in [0.29, 0.717) is 11.3 Å². The first kappa shape index (κ1) is 17.1. The van der Waals surface area contributed by atoms with Gasteiger partial charge in [0, 0.05) is 0 Å². The van der Waals surface area contributed by atoms with Gasteiger partial charge in [-0.05, 0) is 47.5 Å². The maximum absolute atomic E-state index is 13.2. The first-order valence-electron chi connectivity index (χ1n) is 7.91. The third-order valence-electron chi connectivity index (χ3n) is 3.67. The van der Waals surface area contributed by atoms with E-state index in [1.807, 2.05) is 30.3 Å². The van der Waals surface area contributed by atoms with E-state index < -0.39 is 11.8 Å². The quantitative estimate of drug-likeness (QED) is 0.286. The molecular formula is C22H14FNO2. The lowest BCUT2D eigenvalue weighted by atomic mass is 10.0. The summed E-state index contributed by atoms with van der Waals surface area (Å²) in [5.41, 5.74) is 2.31. The highest BCUT2D eigenvalue weighted by molar-refractivity contribution is 5.91. The van der Waals surface area contributed by atoms with Crippen LogP contribution in [0.1, 0.15) is 21.5 Å². The zero-order chi connectivity index (χ0) is 18.4. The van der Waals surface area contributed by atoms with Crippen LogP contribution < -0.4 is 4.74 Å². The molecule has 0 aliphatic heterocycles. The van der Waals surface area contributed by atoms with Gasteiger partial charge in [-0.2, -0.15) is 5.26 Å². The van der Waals surface area contributed by atoms with Gasteiger partial charge < -0.3 is 4.74 Å². The van der Waals surface area contributed by atoms with Crippen LogP contribution in [-0.4, -0.2) is 5.97 Å². The number of hydrogen-bond acceptors (Lipinski definition) is 3. The van der Waals surface area contributed by atoms with Crippen LogP contribution in [-0.2, 0) is 0 Å². The number of rotatable bonds is 4. The number of ether oxygens (including phenoxy) is 1. The molecule has 0 fully saturated rings. The molecule has 3 aromatic carbocycles. The van der Waals surface area contributed by atoms with Gasteiger partial charge in [0.25, 0.3) is 0 Å². The van der Waals surface area contributed by atoms with Crippen LogP contribution in [0.2, 0.25) is 0 Å². The summed E-state index contributed by atoms with van der Waals surface area (Å²) < 4.78 is 18.4. The predicted octanol–water partition coefficient (Wildman–Crippen LogP) is 5.11. The van der Waals surface area contributed by atoms with Gasteiger partial charge in [-0.15, -0.1) is 0 Å². The molecule has 0 spiro atoms. The van der Waals surface area contributed by atoms with Crippen LogP contribution in [0.5, 0.6) is 5.75 Å². The number of esters is 1. The van der Waals surface area contributed by atoms with Gasteiger partial charge >= 0.3 is 5.97 Å². The second kappa shape index (κ2) is 7.91. The maximum Gasteiger partial charge on any atom is 0.343 e. The van der Waals surface area contributed by atoms with Gasteiger partial charge in [-0.1, -0.05) is 48.5 Å². The topological polar surface area (TPSA) is 50.1 Å². The van der Waals surface area contributed by atoms with Crippen molar-refractivity contribution in [3.8, 4) is 11.8 Å². The smallest absolute Gasteiger partial charge is 0.343 e. The second-order valence-electron chi connectivity index (χ2n) is 5.50. The van der Waals surface area contributed by atoms with Crippen molar-refractivity contribution in [3.63, 3.8) is 0 Å². The van der Waals surface area contributed by atoms with Crippen molar-refractivity contribution in [1.82, 2.24) is 0 Å². The van der Waals surface area contributed by atoms with Crippen molar-refractivity contribution in [2.45, 2.75) is 0 Å². The van der Waals surface area contributed by atoms with Gasteiger partial charge in [-0.25, -0.2) is 9.18 Å². The average Bonchev–Trinajstić information content (AvgIpc) is 2.68. The zero-order valence-electron chi connectivity index (χ0n) is 13.7. The summed E-state index contributed by atoms with van der Waals surface area (Å²) in [4.78, 5) is 12.0. The summed E-state index contributed by atoms with van der Waals surface area (Å²) in [6.45, 7) is 0.